The van der Waals surface area contributed by atoms with Gasteiger partial charge in [0.15, 0.2) is 5.82 Å². The Balaban J connectivity index is 2.49. The minimum atomic E-state index is 0.441. The lowest BCUT2D eigenvalue weighted by Crippen LogP contribution is -2.03. The molecular weight excluding hydrogens is 281 g/mol. The molecule has 1 heterocycles. The van der Waals surface area contributed by atoms with Gasteiger partial charge in [-0.1, -0.05) is 37.0 Å². The van der Waals surface area contributed by atoms with E-state index in [9.17, 15) is 0 Å². The molecule has 0 spiro atoms. The Labute approximate surface area is 122 Å². The Hall–Kier alpha value is -1.32. The standard InChI is InChI=1S/C14H15Cl2N3/c1-8(2)5-10-7-13(17)19-14(18-10)11-6-9(15)3-4-12(11)16/h3-4,6-8H,5H2,1-2H3,(H2,17,18,19). The number of rotatable bonds is 3. The van der Waals surface area contributed by atoms with Gasteiger partial charge in [-0.3, -0.25) is 0 Å². The second-order valence-electron chi connectivity index (χ2n) is 4.83. The highest BCUT2D eigenvalue weighted by Gasteiger charge is 2.10. The molecule has 0 amide bonds. The topological polar surface area (TPSA) is 51.8 Å². The van der Waals surface area contributed by atoms with Crippen LogP contribution in [0.3, 0.4) is 0 Å². The molecule has 2 rings (SSSR count). The molecule has 0 radical (unpaired) electrons. The highest BCUT2D eigenvalue weighted by atomic mass is 35.5. The molecule has 2 aromatic rings. The first kappa shape index (κ1) is 14.1. The monoisotopic (exact) mass is 295 g/mol. The van der Waals surface area contributed by atoms with E-state index in [1.165, 1.54) is 0 Å². The average Bonchev–Trinajstić information content (AvgIpc) is 2.30. The zero-order valence-corrected chi connectivity index (χ0v) is 12.3. The van der Waals surface area contributed by atoms with E-state index < -0.39 is 0 Å². The molecule has 0 bridgehead atoms. The van der Waals surface area contributed by atoms with Gasteiger partial charge in [0.25, 0.3) is 0 Å². The lowest BCUT2D eigenvalue weighted by atomic mass is 10.1. The fourth-order valence-corrected chi connectivity index (χ4v) is 2.20. The van der Waals surface area contributed by atoms with Crippen molar-refractivity contribution in [2.75, 3.05) is 5.73 Å². The third-order valence-electron chi connectivity index (χ3n) is 2.59. The highest BCUT2D eigenvalue weighted by Crippen LogP contribution is 2.29. The van der Waals surface area contributed by atoms with E-state index in [1.54, 1.807) is 24.3 Å². The molecule has 1 aromatic carbocycles. The summed E-state index contributed by atoms with van der Waals surface area (Å²) >= 11 is 12.1. The first-order valence-electron chi connectivity index (χ1n) is 6.04. The molecule has 2 N–H and O–H groups in total. The number of hydrogen-bond acceptors (Lipinski definition) is 3. The van der Waals surface area contributed by atoms with Crippen molar-refractivity contribution in [3.05, 3.63) is 40.0 Å². The lowest BCUT2D eigenvalue weighted by Gasteiger charge is -2.09. The smallest absolute Gasteiger partial charge is 0.163 e. The first-order chi connectivity index (χ1) is 8.95. The van der Waals surface area contributed by atoms with Crippen LogP contribution in [0, 0.1) is 5.92 Å². The quantitative estimate of drug-likeness (QED) is 0.922. The van der Waals surface area contributed by atoms with Crippen LogP contribution in [0.2, 0.25) is 10.0 Å². The van der Waals surface area contributed by atoms with Gasteiger partial charge in [-0.25, -0.2) is 9.97 Å². The predicted molar refractivity (Wildman–Crippen MR) is 80.4 cm³/mol. The molecule has 0 atom stereocenters. The van der Waals surface area contributed by atoms with Gasteiger partial charge < -0.3 is 5.73 Å². The molecule has 0 fully saturated rings. The zero-order valence-electron chi connectivity index (χ0n) is 10.8. The molecule has 0 aliphatic heterocycles. The van der Waals surface area contributed by atoms with E-state index in [0.717, 1.165) is 12.1 Å². The Morgan fingerprint density at radius 1 is 1.16 bits per heavy atom. The van der Waals surface area contributed by atoms with Gasteiger partial charge in [0.2, 0.25) is 0 Å². The molecule has 0 unspecified atom stereocenters. The van der Waals surface area contributed by atoms with Crippen LogP contribution in [0.15, 0.2) is 24.3 Å². The van der Waals surface area contributed by atoms with Crippen molar-refractivity contribution in [3.63, 3.8) is 0 Å². The maximum absolute atomic E-state index is 6.16. The molecule has 0 saturated heterocycles. The van der Waals surface area contributed by atoms with Gasteiger partial charge in [-0.15, -0.1) is 0 Å². The predicted octanol–water partition coefficient (Wildman–Crippen LogP) is 4.23. The summed E-state index contributed by atoms with van der Waals surface area (Å²) in [6, 6.07) is 7.00. The van der Waals surface area contributed by atoms with Gasteiger partial charge in [-0.05, 0) is 30.5 Å². The van der Waals surface area contributed by atoms with Crippen molar-refractivity contribution in [2.45, 2.75) is 20.3 Å². The number of nitrogens with zero attached hydrogens (tertiary/aromatic N) is 2. The molecule has 1 aromatic heterocycles. The molecule has 0 saturated carbocycles. The normalized spacial score (nSPS) is 11.0. The molecule has 19 heavy (non-hydrogen) atoms. The third-order valence-corrected chi connectivity index (χ3v) is 3.15. The Bertz CT molecular complexity index is 597. The second-order valence-corrected chi connectivity index (χ2v) is 5.67. The molecule has 0 aliphatic rings. The number of hydrogen-bond donors (Lipinski definition) is 1. The summed E-state index contributed by atoms with van der Waals surface area (Å²) in [6.45, 7) is 4.26. The summed E-state index contributed by atoms with van der Waals surface area (Å²) in [5.41, 5.74) is 7.44. The van der Waals surface area contributed by atoms with Crippen LogP contribution in [0.1, 0.15) is 19.5 Å². The molecular formula is C14H15Cl2N3. The van der Waals surface area contributed by atoms with Gasteiger partial charge >= 0.3 is 0 Å². The van der Waals surface area contributed by atoms with Gasteiger partial charge in [-0.2, -0.15) is 0 Å². The number of benzene rings is 1. The number of halogens is 2. The Morgan fingerprint density at radius 2 is 1.89 bits per heavy atom. The third kappa shape index (κ3) is 3.58. The summed E-state index contributed by atoms with van der Waals surface area (Å²) in [7, 11) is 0. The fourth-order valence-electron chi connectivity index (χ4n) is 1.83. The molecule has 0 aliphatic carbocycles. The number of nitrogens with two attached hydrogens (primary N) is 1. The SMILES string of the molecule is CC(C)Cc1cc(N)nc(-c2cc(Cl)ccc2Cl)n1. The van der Waals surface area contributed by atoms with Crippen molar-refractivity contribution in [1.29, 1.82) is 0 Å². The molecule has 3 nitrogen and oxygen atoms in total. The first-order valence-corrected chi connectivity index (χ1v) is 6.80. The number of nitrogen functional groups attached to an aromatic ring is 1. The van der Waals surface area contributed by atoms with Gasteiger partial charge in [0, 0.05) is 22.3 Å². The molecule has 100 valence electrons. The zero-order chi connectivity index (χ0) is 14.0. The summed E-state index contributed by atoms with van der Waals surface area (Å²) in [4.78, 5) is 8.75. The van der Waals surface area contributed by atoms with E-state index in [1.807, 2.05) is 0 Å². The van der Waals surface area contributed by atoms with E-state index in [0.29, 0.717) is 33.2 Å². The summed E-state index contributed by atoms with van der Waals surface area (Å²) in [5.74, 6) is 1.46. The Morgan fingerprint density at radius 3 is 2.58 bits per heavy atom. The minimum Gasteiger partial charge on any atom is -0.384 e. The van der Waals surface area contributed by atoms with E-state index in [4.69, 9.17) is 28.9 Å². The van der Waals surface area contributed by atoms with Crippen molar-refractivity contribution in [2.24, 2.45) is 5.92 Å². The van der Waals surface area contributed by atoms with Crippen molar-refractivity contribution in [3.8, 4) is 11.4 Å². The van der Waals surface area contributed by atoms with E-state index >= 15 is 0 Å². The fraction of sp³-hybridized carbons (Fsp3) is 0.286. The van der Waals surface area contributed by atoms with Crippen LogP contribution < -0.4 is 5.73 Å². The summed E-state index contributed by atoms with van der Waals surface area (Å²) in [5, 5.41) is 1.15. The summed E-state index contributed by atoms with van der Waals surface area (Å²) in [6.07, 6.45) is 0.845. The van der Waals surface area contributed by atoms with Crippen molar-refractivity contribution < 1.29 is 0 Å². The van der Waals surface area contributed by atoms with Crippen LogP contribution in [-0.2, 0) is 6.42 Å². The average molecular weight is 296 g/mol. The van der Waals surface area contributed by atoms with E-state index in [2.05, 4.69) is 23.8 Å². The van der Waals surface area contributed by atoms with Crippen LogP contribution >= 0.6 is 23.2 Å². The summed E-state index contributed by atoms with van der Waals surface area (Å²) < 4.78 is 0. The number of aromatic nitrogens is 2. The van der Waals surface area contributed by atoms with Crippen molar-refractivity contribution >= 4 is 29.0 Å². The van der Waals surface area contributed by atoms with Crippen LogP contribution in [0.4, 0.5) is 5.82 Å². The van der Waals surface area contributed by atoms with Crippen LogP contribution in [0.5, 0.6) is 0 Å². The molecule has 5 heteroatoms. The second kappa shape index (κ2) is 5.76. The van der Waals surface area contributed by atoms with Crippen molar-refractivity contribution in [1.82, 2.24) is 9.97 Å². The van der Waals surface area contributed by atoms with Gasteiger partial charge in [0.1, 0.15) is 5.82 Å². The largest absolute Gasteiger partial charge is 0.384 e. The van der Waals surface area contributed by atoms with E-state index in [-0.39, 0.29) is 0 Å². The van der Waals surface area contributed by atoms with Gasteiger partial charge in [0.05, 0.1) is 5.02 Å². The minimum absolute atomic E-state index is 0.441. The Kier molecular flexibility index (Phi) is 4.27. The van der Waals surface area contributed by atoms with Crippen LogP contribution in [0.25, 0.3) is 11.4 Å². The van der Waals surface area contributed by atoms with Crippen LogP contribution in [-0.4, -0.2) is 9.97 Å². The maximum Gasteiger partial charge on any atom is 0.163 e. The maximum atomic E-state index is 6.16. The highest BCUT2D eigenvalue weighted by molar-refractivity contribution is 6.35. The lowest BCUT2D eigenvalue weighted by molar-refractivity contribution is 0.635. The number of anilines is 1.